The molecule has 20 heavy (non-hydrogen) atoms. The number of anilines is 1. The van der Waals surface area contributed by atoms with E-state index in [1.807, 2.05) is 26.0 Å². The maximum Gasteiger partial charge on any atom is 0.258 e. The van der Waals surface area contributed by atoms with Gasteiger partial charge in [-0.15, -0.1) is 0 Å². The second-order valence-electron chi connectivity index (χ2n) is 4.56. The summed E-state index contributed by atoms with van der Waals surface area (Å²) in [5.74, 6) is 1.02. The van der Waals surface area contributed by atoms with Gasteiger partial charge in [-0.1, -0.05) is 19.0 Å². The van der Waals surface area contributed by atoms with Crippen molar-refractivity contribution in [2.24, 2.45) is 0 Å². The molecule has 0 aliphatic carbocycles. The third-order valence-electron chi connectivity index (χ3n) is 3.61. The maximum atomic E-state index is 5.87. The van der Waals surface area contributed by atoms with E-state index in [9.17, 15) is 0 Å². The van der Waals surface area contributed by atoms with E-state index in [0.29, 0.717) is 17.4 Å². The second-order valence-corrected chi connectivity index (χ2v) is 5.42. The van der Waals surface area contributed by atoms with Gasteiger partial charge in [0.05, 0.1) is 0 Å². The summed E-state index contributed by atoms with van der Waals surface area (Å²) in [5.41, 5.74) is 6.79. The minimum atomic E-state index is -0.497. The van der Waals surface area contributed by atoms with E-state index >= 15 is 0 Å². The molecule has 1 heterocycles. The molecular formula is C14H18BrN3O2. The van der Waals surface area contributed by atoms with Crippen molar-refractivity contribution >= 4 is 21.6 Å². The Labute approximate surface area is 126 Å². The number of nitrogens with zero attached hydrogens (tertiary/aromatic N) is 2. The Balaban J connectivity index is 2.39. The predicted molar refractivity (Wildman–Crippen MR) is 81.1 cm³/mol. The fourth-order valence-corrected chi connectivity index (χ4v) is 2.40. The van der Waals surface area contributed by atoms with Crippen molar-refractivity contribution in [1.82, 2.24) is 10.1 Å². The lowest BCUT2D eigenvalue weighted by Crippen LogP contribution is -2.28. The summed E-state index contributed by atoms with van der Waals surface area (Å²) in [6.07, 6.45) is 1.56. The topological polar surface area (TPSA) is 74.2 Å². The first-order valence-electron chi connectivity index (χ1n) is 6.51. The fourth-order valence-electron chi connectivity index (χ4n) is 2.15. The van der Waals surface area contributed by atoms with Crippen LogP contribution in [0.25, 0.3) is 11.5 Å². The summed E-state index contributed by atoms with van der Waals surface area (Å²) in [6.45, 7) is 4.08. The SMILES string of the molecule is CCC(CC)(OC)c1noc(-c2ccc(Br)c(N)c2)n1. The molecular weight excluding hydrogens is 322 g/mol. The van der Waals surface area contributed by atoms with Gasteiger partial charge in [0.15, 0.2) is 0 Å². The van der Waals surface area contributed by atoms with Gasteiger partial charge in [-0.25, -0.2) is 0 Å². The first kappa shape index (κ1) is 15.0. The van der Waals surface area contributed by atoms with Crippen LogP contribution in [-0.2, 0) is 10.3 Å². The zero-order chi connectivity index (χ0) is 14.8. The lowest BCUT2D eigenvalue weighted by molar-refractivity contribution is -0.0306. The Hall–Kier alpha value is -1.40. The Morgan fingerprint density at radius 3 is 2.60 bits per heavy atom. The van der Waals surface area contributed by atoms with E-state index in [1.54, 1.807) is 13.2 Å². The van der Waals surface area contributed by atoms with Crippen molar-refractivity contribution in [2.75, 3.05) is 12.8 Å². The molecule has 2 N–H and O–H groups in total. The van der Waals surface area contributed by atoms with Gasteiger partial charge in [-0.2, -0.15) is 4.98 Å². The molecule has 1 aromatic heterocycles. The molecule has 0 spiro atoms. The number of rotatable bonds is 5. The van der Waals surface area contributed by atoms with Crippen LogP contribution >= 0.6 is 15.9 Å². The average molecular weight is 340 g/mol. The summed E-state index contributed by atoms with van der Waals surface area (Å²) in [6, 6.07) is 5.54. The van der Waals surface area contributed by atoms with E-state index < -0.39 is 5.60 Å². The van der Waals surface area contributed by atoms with E-state index in [2.05, 4.69) is 26.1 Å². The van der Waals surface area contributed by atoms with E-state index in [-0.39, 0.29) is 0 Å². The van der Waals surface area contributed by atoms with Gasteiger partial charge in [0.25, 0.3) is 5.89 Å². The Morgan fingerprint density at radius 2 is 2.05 bits per heavy atom. The summed E-state index contributed by atoms with van der Waals surface area (Å²) in [4.78, 5) is 4.46. The molecule has 6 heteroatoms. The Kier molecular flexibility index (Phi) is 4.45. The lowest BCUT2D eigenvalue weighted by Gasteiger charge is -2.25. The third kappa shape index (κ3) is 2.58. The standard InChI is InChI=1S/C14H18BrN3O2/c1-4-14(5-2,19-3)13-17-12(20-18-13)9-6-7-10(15)11(16)8-9/h6-8H,4-5,16H2,1-3H3. The molecule has 0 amide bonds. The highest BCUT2D eigenvalue weighted by Gasteiger charge is 2.33. The van der Waals surface area contributed by atoms with Gasteiger partial charge in [0, 0.05) is 22.8 Å². The van der Waals surface area contributed by atoms with Gasteiger partial charge in [-0.3, -0.25) is 0 Å². The van der Waals surface area contributed by atoms with Crippen LogP contribution in [0.4, 0.5) is 5.69 Å². The number of benzene rings is 1. The van der Waals surface area contributed by atoms with Crippen LogP contribution in [0.3, 0.4) is 0 Å². The highest BCUT2D eigenvalue weighted by Crippen LogP contribution is 2.32. The number of hydrogen-bond donors (Lipinski definition) is 1. The molecule has 5 nitrogen and oxygen atoms in total. The molecule has 0 bridgehead atoms. The molecule has 108 valence electrons. The number of ether oxygens (including phenoxy) is 1. The summed E-state index contributed by atoms with van der Waals surface area (Å²) < 4.78 is 11.8. The normalized spacial score (nSPS) is 11.8. The maximum absolute atomic E-state index is 5.87. The van der Waals surface area contributed by atoms with E-state index in [1.165, 1.54) is 0 Å². The van der Waals surface area contributed by atoms with Gasteiger partial charge >= 0.3 is 0 Å². The zero-order valence-corrected chi connectivity index (χ0v) is 13.4. The monoisotopic (exact) mass is 339 g/mol. The quantitative estimate of drug-likeness (QED) is 0.839. The van der Waals surface area contributed by atoms with Gasteiger partial charge in [0.2, 0.25) is 5.82 Å². The van der Waals surface area contributed by atoms with Gasteiger partial charge in [0.1, 0.15) is 5.60 Å². The number of aromatic nitrogens is 2. The number of hydrogen-bond acceptors (Lipinski definition) is 5. The number of nitrogens with two attached hydrogens (primary N) is 1. The molecule has 0 aliphatic heterocycles. The number of methoxy groups -OCH3 is 1. The molecule has 0 fully saturated rings. The molecule has 0 saturated heterocycles. The molecule has 0 radical (unpaired) electrons. The first-order chi connectivity index (χ1) is 9.56. The zero-order valence-electron chi connectivity index (χ0n) is 11.8. The van der Waals surface area contributed by atoms with Crippen LogP contribution in [0.2, 0.25) is 0 Å². The molecule has 0 saturated carbocycles. The van der Waals surface area contributed by atoms with Crippen molar-refractivity contribution in [3.63, 3.8) is 0 Å². The van der Waals surface area contributed by atoms with Crippen molar-refractivity contribution in [3.8, 4) is 11.5 Å². The van der Waals surface area contributed by atoms with Crippen molar-refractivity contribution < 1.29 is 9.26 Å². The van der Waals surface area contributed by atoms with E-state index in [0.717, 1.165) is 22.9 Å². The molecule has 2 rings (SSSR count). The largest absolute Gasteiger partial charge is 0.398 e. The smallest absolute Gasteiger partial charge is 0.258 e. The summed E-state index contributed by atoms with van der Waals surface area (Å²) in [7, 11) is 1.67. The van der Waals surface area contributed by atoms with Crippen molar-refractivity contribution in [2.45, 2.75) is 32.3 Å². The minimum Gasteiger partial charge on any atom is -0.398 e. The van der Waals surface area contributed by atoms with Crippen LogP contribution in [0.15, 0.2) is 27.2 Å². The van der Waals surface area contributed by atoms with Gasteiger partial charge in [-0.05, 0) is 47.0 Å². The molecule has 2 aromatic rings. The predicted octanol–water partition coefficient (Wildman–Crippen LogP) is 3.74. The minimum absolute atomic E-state index is 0.447. The number of nitrogen functional groups attached to an aromatic ring is 1. The van der Waals surface area contributed by atoms with Crippen LogP contribution < -0.4 is 5.73 Å². The summed E-state index contributed by atoms with van der Waals surface area (Å²) in [5, 5.41) is 4.07. The first-order valence-corrected chi connectivity index (χ1v) is 7.30. The van der Waals surface area contributed by atoms with Crippen LogP contribution in [0.5, 0.6) is 0 Å². The van der Waals surface area contributed by atoms with Crippen molar-refractivity contribution in [3.05, 3.63) is 28.5 Å². The third-order valence-corrected chi connectivity index (χ3v) is 4.33. The van der Waals surface area contributed by atoms with Crippen LogP contribution in [-0.4, -0.2) is 17.3 Å². The van der Waals surface area contributed by atoms with Gasteiger partial charge < -0.3 is 15.0 Å². The number of halogens is 1. The Bertz CT molecular complexity index is 586. The van der Waals surface area contributed by atoms with E-state index in [4.69, 9.17) is 15.0 Å². The molecule has 1 aromatic carbocycles. The lowest BCUT2D eigenvalue weighted by atomic mass is 9.96. The summed E-state index contributed by atoms with van der Waals surface area (Å²) >= 11 is 3.36. The van der Waals surface area contributed by atoms with Crippen LogP contribution in [0.1, 0.15) is 32.5 Å². The highest BCUT2D eigenvalue weighted by atomic mass is 79.9. The van der Waals surface area contributed by atoms with Crippen LogP contribution in [0, 0.1) is 0 Å². The molecule has 0 atom stereocenters. The second kappa shape index (κ2) is 5.93. The van der Waals surface area contributed by atoms with Crippen molar-refractivity contribution in [1.29, 1.82) is 0 Å². The average Bonchev–Trinajstić information content (AvgIpc) is 2.95. The highest BCUT2D eigenvalue weighted by molar-refractivity contribution is 9.10. The Morgan fingerprint density at radius 1 is 1.35 bits per heavy atom. The molecule has 0 aliphatic rings. The fraction of sp³-hybridized carbons (Fsp3) is 0.429. The molecule has 0 unspecified atom stereocenters.